The molecule has 8 nitrogen and oxygen atoms in total. The van der Waals surface area contributed by atoms with E-state index >= 15 is 0 Å². The third kappa shape index (κ3) is 3.39. The highest BCUT2D eigenvalue weighted by molar-refractivity contribution is 5.91. The fourth-order valence-electron chi connectivity index (χ4n) is 2.69. The van der Waals surface area contributed by atoms with E-state index in [1.807, 2.05) is 0 Å². The molecule has 134 valence electrons. The number of hydrogen-bond acceptors (Lipinski definition) is 5. The molecule has 3 aromatic rings. The highest BCUT2D eigenvalue weighted by atomic mass is 16.3. The Bertz CT molecular complexity index is 960. The van der Waals surface area contributed by atoms with Crippen molar-refractivity contribution in [2.45, 2.75) is 25.4 Å². The Morgan fingerprint density at radius 3 is 2.77 bits per heavy atom. The van der Waals surface area contributed by atoms with Crippen LogP contribution in [0.2, 0.25) is 0 Å². The van der Waals surface area contributed by atoms with E-state index in [0.717, 1.165) is 12.8 Å². The fraction of sp³-hybridized carbons (Fsp3) is 0.278. The van der Waals surface area contributed by atoms with Gasteiger partial charge in [0.1, 0.15) is 5.76 Å². The average molecular weight is 354 g/mol. The van der Waals surface area contributed by atoms with Gasteiger partial charge in [-0.15, -0.1) is 5.10 Å². The maximum atomic E-state index is 12.6. The summed E-state index contributed by atoms with van der Waals surface area (Å²) in [4.78, 5) is 24.4. The van der Waals surface area contributed by atoms with Gasteiger partial charge in [-0.25, -0.2) is 9.48 Å². The molecule has 0 unspecified atom stereocenters. The second-order valence-electron chi connectivity index (χ2n) is 6.05. The van der Waals surface area contributed by atoms with Crippen LogP contribution in [0.15, 0.2) is 56.5 Å². The number of aromatic nitrogens is 3. The number of amides is 1. The Kier molecular flexibility index (Phi) is 4.30. The van der Waals surface area contributed by atoms with Crippen molar-refractivity contribution in [3.8, 4) is 11.6 Å². The molecule has 0 aromatic carbocycles. The largest absolute Gasteiger partial charge is 0.465 e. The molecule has 1 N–H and O–H groups in total. The Morgan fingerprint density at radius 1 is 1.27 bits per heavy atom. The number of nitrogens with one attached hydrogen (secondary N) is 1. The summed E-state index contributed by atoms with van der Waals surface area (Å²) in [5, 5.41) is 7.12. The van der Waals surface area contributed by atoms with Gasteiger partial charge in [-0.3, -0.25) is 9.36 Å². The van der Waals surface area contributed by atoms with E-state index in [1.165, 1.54) is 17.0 Å². The summed E-state index contributed by atoms with van der Waals surface area (Å²) in [5.41, 5.74) is -0.181. The summed E-state index contributed by atoms with van der Waals surface area (Å²) in [7, 11) is 0. The van der Waals surface area contributed by atoms with E-state index in [-0.39, 0.29) is 24.2 Å². The summed E-state index contributed by atoms with van der Waals surface area (Å²) in [5.74, 6) is 1.44. The quantitative estimate of drug-likeness (QED) is 0.655. The number of nitrogens with zero attached hydrogens (tertiary/aromatic N) is 3. The number of rotatable bonds is 7. The lowest BCUT2D eigenvalue weighted by atomic mass is 10.4. The zero-order valence-corrected chi connectivity index (χ0v) is 14.0. The van der Waals surface area contributed by atoms with Crippen LogP contribution in [-0.2, 0) is 11.3 Å². The lowest BCUT2D eigenvalue weighted by Gasteiger charge is -2.01. The molecule has 1 aliphatic carbocycles. The number of furan rings is 2. The van der Waals surface area contributed by atoms with Crippen LogP contribution in [0.25, 0.3) is 17.7 Å². The smallest absolute Gasteiger partial charge is 0.346 e. The van der Waals surface area contributed by atoms with E-state index in [1.54, 1.807) is 41.2 Å². The van der Waals surface area contributed by atoms with Gasteiger partial charge in [0.15, 0.2) is 5.76 Å². The SMILES string of the molecule is O=C(/C=C/c1ccco1)NCCn1nc(-c2ccco2)n(C2CC2)c1=O. The normalized spacial score (nSPS) is 14.2. The monoisotopic (exact) mass is 354 g/mol. The minimum atomic E-state index is -0.262. The molecule has 0 spiro atoms. The first kappa shape index (κ1) is 16.2. The second-order valence-corrected chi connectivity index (χ2v) is 6.05. The van der Waals surface area contributed by atoms with Gasteiger partial charge >= 0.3 is 5.69 Å². The van der Waals surface area contributed by atoms with Crippen molar-refractivity contribution in [1.29, 1.82) is 0 Å². The van der Waals surface area contributed by atoms with E-state index < -0.39 is 0 Å². The van der Waals surface area contributed by atoms with E-state index in [2.05, 4.69) is 10.4 Å². The van der Waals surface area contributed by atoms with Crippen LogP contribution in [-0.4, -0.2) is 26.8 Å². The molecular formula is C18H18N4O4. The Balaban J connectivity index is 1.41. The lowest BCUT2D eigenvalue weighted by Crippen LogP contribution is -2.31. The summed E-state index contributed by atoms with van der Waals surface area (Å²) >= 11 is 0. The van der Waals surface area contributed by atoms with Crippen molar-refractivity contribution in [1.82, 2.24) is 19.7 Å². The molecule has 1 aliphatic rings. The third-order valence-corrected chi connectivity index (χ3v) is 4.09. The van der Waals surface area contributed by atoms with Crippen molar-refractivity contribution in [2.75, 3.05) is 6.54 Å². The first-order valence-electron chi connectivity index (χ1n) is 8.45. The predicted molar refractivity (Wildman–Crippen MR) is 93.2 cm³/mol. The summed E-state index contributed by atoms with van der Waals surface area (Å²) in [6, 6.07) is 7.23. The van der Waals surface area contributed by atoms with Crippen LogP contribution in [0.5, 0.6) is 0 Å². The van der Waals surface area contributed by atoms with Crippen molar-refractivity contribution < 1.29 is 13.6 Å². The molecule has 0 atom stereocenters. The first-order valence-corrected chi connectivity index (χ1v) is 8.45. The van der Waals surface area contributed by atoms with Gasteiger partial charge in [-0.2, -0.15) is 0 Å². The summed E-state index contributed by atoms with van der Waals surface area (Å²) in [6.45, 7) is 0.576. The van der Waals surface area contributed by atoms with E-state index in [4.69, 9.17) is 8.83 Å². The maximum absolute atomic E-state index is 12.6. The fourth-order valence-corrected chi connectivity index (χ4v) is 2.69. The number of carbonyl (C=O) groups excluding carboxylic acids is 1. The average Bonchev–Trinajstić information content (AvgIpc) is 3.07. The van der Waals surface area contributed by atoms with Gasteiger partial charge in [-0.05, 0) is 43.2 Å². The van der Waals surface area contributed by atoms with Gasteiger partial charge in [-0.1, -0.05) is 0 Å². The molecule has 1 fully saturated rings. The molecule has 1 saturated carbocycles. The molecule has 0 bridgehead atoms. The van der Waals surface area contributed by atoms with Crippen LogP contribution in [0.1, 0.15) is 24.6 Å². The topological polar surface area (TPSA) is 95.2 Å². The van der Waals surface area contributed by atoms with Gasteiger partial charge in [0, 0.05) is 18.7 Å². The Hall–Kier alpha value is -3.29. The molecule has 26 heavy (non-hydrogen) atoms. The molecule has 0 radical (unpaired) electrons. The zero-order chi connectivity index (χ0) is 17.9. The Morgan fingerprint density at radius 2 is 2.08 bits per heavy atom. The van der Waals surface area contributed by atoms with Crippen LogP contribution < -0.4 is 11.0 Å². The maximum Gasteiger partial charge on any atom is 0.346 e. The minimum Gasteiger partial charge on any atom is -0.465 e. The molecule has 0 aliphatic heterocycles. The van der Waals surface area contributed by atoms with E-state index in [0.29, 0.717) is 23.9 Å². The van der Waals surface area contributed by atoms with Crippen LogP contribution in [0.3, 0.4) is 0 Å². The van der Waals surface area contributed by atoms with Crippen molar-refractivity contribution in [3.63, 3.8) is 0 Å². The van der Waals surface area contributed by atoms with Gasteiger partial charge in [0.2, 0.25) is 11.7 Å². The first-order chi connectivity index (χ1) is 12.7. The van der Waals surface area contributed by atoms with Gasteiger partial charge < -0.3 is 14.2 Å². The molecule has 4 rings (SSSR count). The van der Waals surface area contributed by atoms with Crippen LogP contribution in [0.4, 0.5) is 0 Å². The minimum absolute atomic E-state index is 0.181. The Labute approximate surface area is 148 Å². The summed E-state index contributed by atoms with van der Waals surface area (Å²) < 4.78 is 13.6. The molecule has 1 amide bonds. The molecule has 8 heteroatoms. The summed E-state index contributed by atoms with van der Waals surface area (Å²) in [6.07, 6.45) is 8.00. The second kappa shape index (κ2) is 6.91. The van der Waals surface area contributed by atoms with Crippen molar-refractivity contribution in [3.05, 3.63) is 59.1 Å². The van der Waals surface area contributed by atoms with Crippen LogP contribution in [0, 0.1) is 0 Å². The van der Waals surface area contributed by atoms with Gasteiger partial charge in [0.05, 0.1) is 19.1 Å². The van der Waals surface area contributed by atoms with Gasteiger partial charge in [0.25, 0.3) is 0 Å². The zero-order valence-electron chi connectivity index (χ0n) is 14.0. The van der Waals surface area contributed by atoms with Crippen LogP contribution >= 0.6 is 0 Å². The standard InChI is InChI=1S/C18H18N4O4/c23-16(8-7-14-3-1-11-25-14)19-9-10-21-18(24)22(13-5-6-13)17(20-21)15-4-2-12-26-15/h1-4,7-8,11-13H,5-6,9-10H2,(H,19,23)/b8-7+. The lowest BCUT2D eigenvalue weighted by molar-refractivity contribution is -0.116. The molecular weight excluding hydrogens is 336 g/mol. The molecule has 0 saturated heterocycles. The van der Waals surface area contributed by atoms with Crippen molar-refractivity contribution >= 4 is 12.0 Å². The number of hydrogen-bond donors (Lipinski definition) is 1. The highest BCUT2D eigenvalue weighted by Gasteiger charge is 2.31. The predicted octanol–water partition coefficient (Wildman–Crippen LogP) is 2.06. The molecule has 3 aromatic heterocycles. The molecule has 3 heterocycles. The van der Waals surface area contributed by atoms with Crippen molar-refractivity contribution in [2.24, 2.45) is 0 Å². The highest BCUT2D eigenvalue weighted by Crippen LogP contribution is 2.36. The number of carbonyl (C=O) groups is 1. The van der Waals surface area contributed by atoms with E-state index in [9.17, 15) is 9.59 Å². The third-order valence-electron chi connectivity index (χ3n) is 4.09.